The van der Waals surface area contributed by atoms with Crippen molar-refractivity contribution in [1.82, 2.24) is 30.3 Å². The molecule has 0 aliphatic rings. The molecule has 0 aliphatic carbocycles. The van der Waals surface area contributed by atoms with Crippen LogP contribution in [-0.4, -0.2) is 58.7 Å². The van der Waals surface area contributed by atoms with E-state index in [1.165, 1.54) is 6.33 Å². The van der Waals surface area contributed by atoms with Crippen LogP contribution < -0.4 is 10.6 Å². The number of guanidine groups is 1. The van der Waals surface area contributed by atoms with Crippen molar-refractivity contribution < 1.29 is 4.79 Å². The second kappa shape index (κ2) is 11.5. The van der Waals surface area contributed by atoms with Crippen molar-refractivity contribution >= 4 is 35.8 Å². The highest BCUT2D eigenvalue weighted by Gasteiger charge is 2.08. The highest BCUT2D eigenvalue weighted by molar-refractivity contribution is 14.0. The smallest absolute Gasteiger partial charge is 0.253 e. The number of aryl methyl sites for hydroxylation is 1. The fraction of sp³-hybridized carbons (Fsp3) is 0.444. The van der Waals surface area contributed by atoms with Gasteiger partial charge in [0.2, 0.25) is 0 Å². The molecule has 0 saturated heterocycles. The maximum atomic E-state index is 12.1. The second-order valence-corrected chi connectivity index (χ2v) is 6.07. The van der Waals surface area contributed by atoms with E-state index in [4.69, 9.17) is 0 Å². The van der Waals surface area contributed by atoms with Gasteiger partial charge in [-0.25, -0.2) is 9.98 Å². The van der Waals surface area contributed by atoms with Crippen LogP contribution in [0.1, 0.15) is 28.7 Å². The van der Waals surface area contributed by atoms with Gasteiger partial charge in [0.05, 0.1) is 0 Å². The third-order valence-electron chi connectivity index (χ3n) is 3.81. The van der Waals surface area contributed by atoms with Crippen molar-refractivity contribution in [3.8, 4) is 0 Å². The molecule has 0 unspecified atom stereocenters. The summed E-state index contributed by atoms with van der Waals surface area (Å²) in [6, 6.07) is 7.72. The molecule has 0 fully saturated rings. The Kier molecular flexibility index (Phi) is 9.76. The van der Waals surface area contributed by atoms with Crippen LogP contribution in [0.15, 0.2) is 35.6 Å². The highest BCUT2D eigenvalue weighted by atomic mass is 127. The normalized spacial score (nSPS) is 10.9. The van der Waals surface area contributed by atoms with Crippen molar-refractivity contribution in [2.24, 2.45) is 12.0 Å². The van der Waals surface area contributed by atoms with Crippen molar-refractivity contribution in [3.63, 3.8) is 0 Å². The van der Waals surface area contributed by atoms with E-state index in [2.05, 4.69) is 25.7 Å². The zero-order chi connectivity index (χ0) is 18.9. The Labute approximate surface area is 177 Å². The zero-order valence-electron chi connectivity index (χ0n) is 16.3. The van der Waals surface area contributed by atoms with Crippen LogP contribution in [-0.2, 0) is 20.0 Å². The van der Waals surface area contributed by atoms with E-state index in [0.29, 0.717) is 18.7 Å². The van der Waals surface area contributed by atoms with E-state index in [-0.39, 0.29) is 29.9 Å². The number of halogens is 1. The summed E-state index contributed by atoms with van der Waals surface area (Å²) in [5.41, 5.74) is 1.81. The van der Waals surface area contributed by atoms with Crippen LogP contribution in [0.4, 0.5) is 0 Å². The minimum absolute atomic E-state index is 0. The number of carbonyl (C=O) groups excluding carboxylic acids is 1. The van der Waals surface area contributed by atoms with Gasteiger partial charge in [-0.1, -0.05) is 12.1 Å². The van der Waals surface area contributed by atoms with E-state index in [0.717, 1.165) is 30.3 Å². The van der Waals surface area contributed by atoms with E-state index in [1.807, 2.05) is 38.2 Å². The van der Waals surface area contributed by atoms with E-state index in [9.17, 15) is 4.79 Å². The van der Waals surface area contributed by atoms with Crippen molar-refractivity contribution in [2.45, 2.75) is 19.9 Å². The van der Waals surface area contributed by atoms with E-state index < -0.39 is 0 Å². The summed E-state index contributed by atoms with van der Waals surface area (Å²) >= 11 is 0. The first-order chi connectivity index (χ1) is 12.5. The molecule has 1 aromatic carbocycles. The Hall–Kier alpha value is -2.17. The maximum absolute atomic E-state index is 12.1. The van der Waals surface area contributed by atoms with Crippen molar-refractivity contribution in [1.29, 1.82) is 0 Å². The fourth-order valence-electron chi connectivity index (χ4n) is 2.40. The lowest BCUT2D eigenvalue weighted by molar-refractivity contribution is 0.0827. The van der Waals surface area contributed by atoms with Gasteiger partial charge in [-0.2, -0.15) is 5.10 Å². The van der Waals surface area contributed by atoms with Gasteiger partial charge in [-0.3, -0.25) is 9.48 Å². The molecule has 8 nitrogen and oxygen atoms in total. The minimum atomic E-state index is 0. The van der Waals surface area contributed by atoms with Gasteiger partial charge >= 0.3 is 0 Å². The molecule has 0 spiro atoms. The Morgan fingerprint density at radius 3 is 2.70 bits per heavy atom. The van der Waals surface area contributed by atoms with Gasteiger partial charge in [0.25, 0.3) is 5.91 Å². The highest BCUT2D eigenvalue weighted by Crippen LogP contribution is 2.07. The number of carbonyl (C=O) groups is 1. The molecule has 0 bridgehead atoms. The number of nitrogens with zero attached hydrogens (tertiary/aromatic N) is 5. The number of hydrogen-bond donors (Lipinski definition) is 2. The number of amides is 1. The average Bonchev–Trinajstić information content (AvgIpc) is 3.04. The molecule has 2 aromatic rings. The average molecular weight is 485 g/mol. The second-order valence-electron chi connectivity index (χ2n) is 6.07. The molecule has 0 radical (unpaired) electrons. The molecular formula is C18H28IN7O. The maximum Gasteiger partial charge on any atom is 0.253 e. The number of benzene rings is 1. The zero-order valence-corrected chi connectivity index (χ0v) is 18.6. The number of hydrogen-bond acceptors (Lipinski definition) is 4. The van der Waals surface area contributed by atoms with E-state index in [1.54, 1.807) is 23.7 Å². The van der Waals surface area contributed by atoms with Gasteiger partial charge in [-0.15, -0.1) is 24.0 Å². The van der Waals surface area contributed by atoms with Crippen LogP contribution in [0.25, 0.3) is 0 Å². The number of nitrogens with one attached hydrogen (secondary N) is 2. The van der Waals surface area contributed by atoms with Crippen LogP contribution in [0, 0.1) is 0 Å². The molecule has 2 N–H and O–H groups in total. The first kappa shape index (κ1) is 22.9. The van der Waals surface area contributed by atoms with E-state index >= 15 is 0 Å². The monoisotopic (exact) mass is 485 g/mol. The van der Waals surface area contributed by atoms with Crippen molar-refractivity contribution in [3.05, 3.63) is 47.5 Å². The Morgan fingerprint density at radius 2 is 2.07 bits per heavy atom. The predicted molar refractivity (Wildman–Crippen MR) is 117 cm³/mol. The largest absolute Gasteiger partial charge is 0.357 e. The summed E-state index contributed by atoms with van der Waals surface area (Å²) in [7, 11) is 5.36. The molecular weight excluding hydrogens is 457 g/mol. The van der Waals surface area contributed by atoms with Gasteiger partial charge in [-0.05, 0) is 31.0 Å². The third kappa shape index (κ3) is 7.16. The first-order valence-corrected chi connectivity index (χ1v) is 8.67. The summed E-state index contributed by atoms with van der Waals surface area (Å²) in [6.07, 6.45) is 2.32. The summed E-state index contributed by atoms with van der Waals surface area (Å²) in [4.78, 5) is 22.3. The standard InChI is InChI=1S/C18H27N7O.HI/c1-5-19-18(21-12-16-22-13-23-25(16)4)20-10-9-14-7-6-8-15(11-14)17(26)24(2)3;/h6-8,11,13H,5,9-10,12H2,1-4H3,(H2,19,20,21);1H. The molecule has 9 heteroatoms. The molecule has 0 atom stereocenters. The third-order valence-corrected chi connectivity index (χ3v) is 3.81. The van der Waals surface area contributed by atoms with Gasteiger partial charge in [0, 0.05) is 39.8 Å². The summed E-state index contributed by atoms with van der Waals surface area (Å²) in [6.45, 7) is 3.97. The lowest BCUT2D eigenvalue weighted by atomic mass is 10.1. The topological polar surface area (TPSA) is 87.4 Å². The molecule has 1 amide bonds. The molecule has 1 aromatic heterocycles. The van der Waals surface area contributed by atoms with Crippen LogP contribution in [0.5, 0.6) is 0 Å². The van der Waals surface area contributed by atoms with Gasteiger partial charge in [0.15, 0.2) is 5.96 Å². The first-order valence-electron chi connectivity index (χ1n) is 8.67. The molecule has 2 rings (SSSR count). The molecule has 27 heavy (non-hydrogen) atoms. The predicted octanol–water partition coefficient (Wildman–Crippen LogP) is 1.43. The van der Waals surface area contributed by atoms with Crippen LogP contribution in [0.2, 0.25) is 0 Å². The van der Waals surface area contributed by atoms with Crippen LogP contribution >= 0.6 is 24.0 Å². The fourth-order valence-corrected chi connectivity index (χ4v) is 2.40. The summed E-state index contributed by atoms with van der Waals surface area (Å²) in [5.74, 6) is 1.55. The molecule has 148 valence electrons. The lowest BCUT2D eigenvalue weighted by Crippen LogP contribution is -2.38. The number of aromatic nitrogens is 3. The molecule has 0 saturated carbocycles. The molecule has 0 aliphatic heterocycles. The Bertz CT molecular complexity index is 758. The molecule has 1 heterocycles. The summed E-state index contributed by atoms with van der Waals surface area (Å²) in [5, 5.41) is 10.6. The Morgan fingerprint density at radius 1 is 1.30 bits per heavy atom. The van der Waals surface area contributed by atoms with Crippen molar-refractivity contribution in [2.75, 3.05) is 27.2 Å². The lowest BCUT2D eigenvalue weighted by Gasteiger charge is -2.13. The Balaban J connectivity index is 0.00000364. The number of rotatable bonds is 7. The number of aliphatic imine (C=N–C) groups is 1. The summed E-state index contributed by atoms with van der Waals surface area (Å²) < 4.78 is 1.71. The quantitative estimate of drug-likeness (QED) is 0.352. The van der Waals surface area contributed by atoms with Gasteiger partial charge in [0.1, 0.15) is 18.7 Å². The van der Waals surface area contributed by atoms with Gasteiger partial charge < -0.3 is 15.5 Å². The minimum Gasteiger partial charge on any atom is -0.357 e. The SMILES string of the molecule is CCNC(=NCc1ncnn1C)NCCc1cccc(C(=O)N(C)C)c1.I. The van der Waals surface area contributed by atoms with Crippen LogP contribution in [0.3, 0.4) is 0 Å².